The quantitative estimate of drug-likeness (QED) is 0.241. The van der Waals surface area contributed by atoms with Crippen LogP contribution in [0.4, 0.5) is 4.39 Å². The molecule has 0 aliphatic rings. The van der Waals surface area contributed by atoms with Crippen LogP contribution in [0, 0.1) is 5.82 Å². The lowest BCUT2D eigenvalue weighted by Crippen LogP contribution is -2.50. The summed E-state index contributed by atoms with van der Waals surface area (Å²) in [7, 11) is 0. The Labute approximate surface area is 232 Å². The normalized spacial score (nSPS) is 11.6. The van der Waals surface area contributed by atoms with Crippen molar-refractivity contribution < 1.29 is 14.0 Å². The van der Waals surface area contributed by atoms with Crippen LogP contribution in [0.15, 0.2) is 103 Å². The molecule has 0 bridgehead atoms. The summed E-state index contributed by atoms with van der Waals surface area (Å²) < 4.78 is 13.6. The van der Waals surface area contributed by atoms with E-state index in [4.69, 9.17) is 23.2 Å². The van der Waals surface area contributed by atoms with Crippen LogP contribution in [0.5, 0.6) is 0 Å². The number of carbonyl (C=O) groups is 2. The Morgan fingerprint density at radius 1 is 0.711 bits per heavy atom. The third-order valence-corrected chi connectivity index (χ3v) is 6.69. The fraction of sp³-hybridized carbons (Fsp3) is 0.161. The third kappa shape index (κ3) is 7.91. The van der Waals surface area contributed by atoms with Gasteiger partial charge in [-0.2, -0.15) is 0 Å². The van der Waals surface area contributed by atoms with Gasteiger partial charge in [0, 0.05) is 29.6 Å². The molecule has 0 unspecified atom stereocenters. The van der Waals surface area contributed by atoms with E-state index in [2.05, 4.69) is 5.32 Å². The summed E-state index contributed by atoms with van der Waals surface area (Å²) in [6, 6.07) is 29.0. The van der Waals surface area contributed by atoms with Gasteiger partial charge in [0.15, 0.2) is 0 Å². The van der Waals surface area contributed by atoms with Crippen molar-refractivity contribution in [3.05, 3.63) is 141 Å². The Hall–Kier alpha value is -3.67. The van der Waals surface area contributed by atoms with Gasteiger partial charge in [0.2, 0.25) is 11.8 Å². The third-order valence-electron chi connectivity index (χ3n) is 6.19. The van der Waals surface area contributed by atoms with Crippen molar-refractivity contribution in [1.29, 1.82) is 0 Å². The Morgan fingerprint density at radius 2 is 1.26 bits per heavy atom. The summed E-state index contributed by atoms with van der Waals surface area (Å²) in [4.78, 5) is 29.0. The number of hydrogen-bond donors (Lipinski definition) is 1. The summed E-state index contributed by atoms with van der Waals surface area (Å²) in [5.41, 5.74) is 3.31. The molecule has 7 heteroatoms. The monoisotopic (exact) mass is 548 g/mol. The molecule has 4 aromatic carbocycles. The van der Waals surface area contributed by atoms with Crippen molar-refractivity contribution in [3.8, 4) is 0 Å². The largest absolute Gasteiger partial charge is 0.350 e. The zero-order valence-electron chi connectivity index (χ0n) is 20.6. The highest BCUT2D eigenvalue weighted by Crippen LogP contribution is 2.18. The van der Waals surface area contributed by atoms with Gasteiger partial charge in [-0.15, -0.1) is 0 Å². The van der Waals surface area contributed by atoms with E-state index in [0.717, 1.165) is 22.3 Å². The van der Waals surface area contributed by atoms with Crippen LogP contribution in [0.25, 0.3) is 0 Å². The predicted octanol–water partition coefficient (Wildman–Crippen LogP) is 6.63. The number of carbonyl (C=O) groups excluding carboxylic acids is 2. The van der Waals surface area contributed by atoms with Crippen LogP contribution in [-0.4, -0.2) is 22.8 Å². The van der Waals surface area contributed by atoms with Gasteiger partial charge in [0.05, 0.1) is 6.42 Å². The Balaban J connectivity index is 1.63. The first kappa shape index (κ1) is 27.4. The van der Waals surface area contributed by atoms with Gasteiger partial charge in [-0.05, 0) is 58.7 Å². The van der Waals surface area contributed by atoms with E-state index in [1.165, 1.54) is 12.1 Å². The zero-order chi connectivity index (χ0) is 26.9. The number of amides is 2. The second-order valence-electron chi connectivity index (χ2n) is 9.00. The Morgan fingerprint density at radius 3 is 1.87 bits per heavy atom. The van der Waals surface area contributed by atoms with E-state index >= 15 is 0 Å². The fourth-order valence-corrected chi connectivity index (χ4v) is 4.38. The first-order valence-electron chi connectivity index (χ1n) is 12.2. The van der Waals surface area contributed by atoms with Crippen molar-refractivity contribution in [1.82, 2.24) is 10.2 Å². The fourth-order valence-electron chi connectivity index (χ4n) is 4.13. The Kier molecular flexibility index (Phi) is 9.52. The topological polar surface area (TPSA) is 49.4 Å². The standard InChI is InChI=1S/C31H27Cl2FN2O2/c32-26-12-6-23(7-13-26)19-30(37)36(21-25-10-16-28(34)17-11-25)29(18-22-4-2-1-3-5-22)31(38)35-20-24-8-14-27(33)15-9-24/h1-17,29H,18-21H2,(H,35,38)/t29-/m1/s1. The molecule has 0 saturated carbocycles. The second kappa shape index (κ2) is 13.2. The molecule has 0 radical (unpaired) electrons. The van der Waals surface area contributed by atoms with E-state index in [-0.39, 0.29) is 37.1 Å². The van der Waals surface area contributed by atoms with Crippen LogP contribution < -0.4 is 5.32 Å². The van der Waals surface area contributed by atoms with Crippen molar-refractivity contribution in [2.75, 3.05) is 0 Å². The number of halogens is 3. The molecule has 4 rings (SSSR count). The predicted molar refractivity (Wildman–Crippen MR) is 149 cm³/mol. The smallest absolute Gasteiger partial charge is 0.243 e. The van der Waals surface area contributed by atoms with E-state index in [1.54, 1.807) is 53.4 Å². The molecule has 4 nitrogen and oxygen atoms in total. The first-order valence-corrected chi connectivity index (χ1v) is 13.0. The minimum Gasteiger partial charge on any atom is -0.350 e. The van der Waals surface area contributed by atoms with Crippen molar-refractivity contribution in [3.63, 3.8) is 0 Å². The number of rotatable bonds is 10. The van der Waals surface area contributed by atoms with Gasteiger partial charge in [-0.25, -0.2) is 4.39 Å². The number of benzene rings is 4. The summed E-state index contributed by atoms with van der Waals surface area (Å²) in [6.07, 6.45) is 0.412. The molecule has 38 heavy (non-hydrogen) atoms. The molecule has 0 aromatic heterocycles. The molecule has 2 amide bonds. The summed E-state index contributed by atoms with van der Waals surface area (Å²) in [5, 5.41) is 4.18. The SMILES string of the molecule is O=C(NCc1ccc(Cl)cc1)[C@@H](Cc1ccccc1)N(Cc1ccc(F)cc1)C(=O)Cc1ccc(Cl)cc1. The highest BCUT2D eigenvalue weighted by molar-refractivity contribution is 6.30. The van der Waals surface area contributed by atoms with Crippen LogP contribution >= 0.6 is 23.2 Å². The molecule has 0 aliphatic carbocycles. The maximum absolute atomic E-state index is 13.7. The molecule has 0 aliphatic heterocycles. The number of nitrogens with one attached hydrogen (secondary N) is 1. The van der Waals surface area contributed by atoms with Gasteiger partial charge in [0.25, 0.3) is 0 Å². The Bertz CT molecular complexity index is 1350. The lowest BCUT2D eigenvalue weighted by molar-refractivity contribution is -0.140. The molecule has 0 heterocycles. The van der Waals surface area contributed by atoms with Gasteiger partial charge < -0.3 is 10.2 Å². The molecule has 0 fully saturated rings. The molecular weight excluding hydrogens is 522 g/mol. The average Bonchev–Trinajstić information content (AvgIpc) is 2.93. The zero-order valence-corrected chi connectivity index (χ0v) is 22.1. The molecule has 1 atom stereocenters. The van der Waals surface area contributed by atoms with Crippen molar-refractivity contribution in [2.45, 2.75) is 32.0 Å². The molecule has 4 aromatic rings. The van der Waals surface area contributed by atoms with Crippen LogP contribution in [0.1, 0.15) is 22.3 Å². The highest BCUT2D eigenvalue weighted by atomic mass is 35.5. The first-order chi connectivity index (χ1) is 18.4. The molecule has 1 N–H and O–H groups in total. The van der Waals surface area contributed by atoms with Crippen molar-refractivity contribution in [2.24, 2.45) is 0 Å². The molecule has 0 saturated heterocycles. The van der Waals surface area contributed by atoms with Crippen LogP contribution in [0.3, 0.4) is 0 Å². The average molecular weight is 549 g/mol. The molecule has 0 spiro atoms. The summed E-state index contributed by atoms with van der Waals surface area (Å²) >= 11 is 12.0. The lowest BCUT2D eigenvalue weighted by Gasteiger charge is -2.32. The maximum Gasteiger partial charge on any atom is 0.243 e. The van der Waals surface area contributed by atoms with Crippen LogP contribution in [-0.2, 0) is 35.5 Å². The van der Waals surface area contributed by atoms with Crippen LogP contribution in [0.2, 0.25) is 10.0 Å². The minimum absolute atomic E-state index is 0.0914. The van der Waals surface area contributed by atoms with E-state index < -0.39 is 6.04 Å². The van der Waals surface area contributed by atoms with Gasteiger partial charge in [0.1, 0.15) is 11.9 Å². The van der Waals surface area contributed by atoms with Gasteiger partial charge in [-0.1, -0.05) is 89.9 Å². The summed E-state index contributed by atoms with van der Waals surface area (Å²) in [6.45, 7) is 0.440. The molecular formula is C31H27Cl2FN2O2. The van der Waals surface area contributed by atoms with E-state index in [0.29, 0.717) is 16.5 Å². The van der Waals surface area contributed by atoms with E-state index in [1.807, 2.05) is 42.5 Å². The summed E-state index contributed by atoms with van der Waals surface area (Å²) in [5.74, 6) is -0.871. The lowest BCUT2D eigenvalue weighted by atomic mass is 10.0. The number of nitrogens with zero attached hydrogens (tertiary/aromatic N) is 1. The van der Waals surface area contributed by atoms with E-state index in [9.17, 15) is 14.0 Å². The molecule has 194 valence electrons. The highest BCUT2D eigenvalue weighted by Gasteiger charge is 2.30. The maximum atomic E-state index is 13.7. The van der Waals surface area contributed by atoms with Crippen molar-refractivity contribution >= 4 is 35.0 Å². The van der Waals surface area contributed by atoms with Gasteiger partial charge in [-0.3, -0.25) is 9.59 Å². The minimum atomic E-state index is -0.797. The number of hydrogen-bond acceptors (Lipinski definition) is 2. The van der Waals surface area contributed by atoms with Gasteiger partial charge >= 0.3 is 0 Å². The second-order valence-corrected chi connectivity index (χ2v) is 9.87.